The highest BCUT2D eigenvalue weighted by Gasteiger charge is 2.25. The smallest absolute Gasteiger partial charge is 0.240 e. The summed E-state index contributed by atoms with van der Waals surface area (Å²) in [5, 5.41) is 5.44. The Morgan fingerprint density at radius 2 is 2.17 bits per heavy atom. The van der Waals surface area contributed by atoms with Gasteiger partial charge in [-0.25, -0.2) is 13.6 Å². The fourth-order valence-electron chi connectivity index (χ4n) is 1.90. The molecule has 0 radical (unpaired) electrons. The van der Waals surface area contributed by atoms with E-state index in [0.717, 1.165) is 17.9 Å². The van der Waals surface area contributed by atoms with Crippen molar-refractivity contribution in [2.75, 3.05) is 12.3 Å². The minimum atomic E-state index is -3.75. The Morgan fingerprint density at radius 3 is 2.67 bits per heavy atom. The van der Waals surface area contributed by atoms with Gasteiger partial charge < -0.3 is 10.5 Å². The third-order valence-electron chi connectivity index (χ3n) is 2.88. The number of rotatable bonds is 3. The van der Waals surface area contributed by atoms with Gasteiger partial charge in [0.2, 0.25) is 10.0 Å². The lowest BCUT2D eigenvalue weighted by Crippen LogP contribution is -2.15. The Kier molecular flexibility index (Phi) is 3.86. The van der Waals surface area contributed by atoms with E-state index in [-0.39, 0.29) is 16.7 Å². The highest BCUT2D eigenvalue weighted by molar-refractivity contribution is 8.00. The van der Waals surface area contributed by atoms with Crippen molar-refractivity contribution in [1.82, 2.24) is 0 Å². The number of ether oxygens (including phenoxy) is 1. The molecule has 0 saturated carbocycles. The number of hydrogen-bond acceptors (Lipinski definition) is 5. The molecule has 0 amide bonds. The number of hydrogen-bond donors (Lipinski definition) is 2. The molecule has 1 fully saturated rings. The molecule has 1 aliphatic rings. The zero-order chi connectivity index (χ0) is 13.3. The third kappa shape index (κ3) is 2.97. The Bertz CT molecular complexity index is 545. The van der Waals surface area contributed by atoms with Gasteiger partial charge in [0.15, 0.2) is 0 Å². The summed E-state index contributed by atoms with van der Waals surface area (Å²) in [4.78, 5) is 0.907. The van der Waals surface area contributed by atoms with Crippen LogP contribution in [-0.2, 0) is 14.8 Å². The maximum Gasteiger partial charge on any atom is 0.240 e. The maximum atomic E-state index is 11.2. The summed E-state index contributed by atoms with van der Waals surface area (Å²) in [6, 6.07) is 4.83. The van der Waals surface area contributed by atoms with Crippen LogP contribution in [0.3, 0.4) is 0 Å². The molecule has 1 aromatic carbocycles. The number of nitrogens with two attached hydrogens (primary N) is 2. The van der Waals surface area contributed by atoms with E-state index in [0.29, 0.717) is 5.25 Å². The summed E-state index contributed by atoms with van der Waals surface area (Å²) in [5.74, 6) is 0. The second-order valence-electron chi connectivity index (χ2n) is 4.27. The topological polar surface area (TPSA) is 95.4 Å². The SMILES string of the molecule is CC1OCCC1Sc1ccc(S(N)(=O)=O)c(N)c1. The molecule has 1 aromatic rings. The Labute approximate surface area is 111 Å². The summed E-state index contributed by atoms with van der Waals surface area (Å²) in [6.45, 7) is 2.80. The van der Waals surface area contributed by atoms with Crippen molar-refractivity contribution < 1.29 is 13.2 Å². The molecule has 2 rings (SSSR count). The Hall–Kier alpha value is -0.760. The van der Waals surface area contributed by atoms with Gasteiger partial charge in [-0.1, -0.05) is 0 Å². The van der Waals surface area contributed by atoms with Crippen molar-refractivity contribution in [3.8, 4) is 0 Å². The quantitative estimate of drug-likeness (QED) is 0.814. The molecule has 2 unspecified atom stereocenters. The van der Waals surface area contributed by atoms with Gasteiger partial charge in [-0.15, -0.1) is 11.8 Å². The minimum absolute atomic E-state index is 0.0254. The standard InChI is InChI=1S/C11H16N2O3S2/c1-7-10(4-5-16-7)17-8-2-3-11(9(12)6-8)18(13,14)15/h2-3,6-7,10H,4-5,12H2,1H3,(H2,13,14,15). The molecule has 1 aliphatic heterocycles. The van der Waals surface area contributed by atoms with Crippen LogP contribution in [0.1, 0.15) is 13.3 Å². The summed E-state index contributed by atoms with van der Waals surface area (Å²) < 4.78 is 27.9. The lowest BCUT2D eigenvalue weighted by Gasteiger charge is -2.14. The molecule has 4 N–H and O–H groups in total. The fraction of sp³-hybridized carbons (Fsp3) is 0.455. The fourth-order valence-corrected chi connectivity index (χ4v) is 3.72. The van der Waals surface area contributed by atoms with Gasteiger partial charge in [0.25, 0.3) is 0 Å². The van der Waals surface area contributed by atoms with Crippen LogP contribution < -0.4 is 10.9 Å². The van der Waals surface area contributed by atoms with Crippen LogP contribution in [0.4, 0.5) is 5.69 Å². The van der Waals surface area contributed by atoms with Gasteiger partial charge >= 0.3 is 0 Å². The van der Waals surface area contributed by atoms with E-state index in [1.165, 1.54) is 6.07 Å². The maximum absolute atomic E-state index is 11.2. The number of anilines is 1. The van der Waals surface area contributed by atoms with Crippen molar-refractivity contribution in [2.24, 2.45) is 5.14 Å². The first kappa shape index (κ1) is 13.7. The lowest BCUT2D eigenvalue weighted by molar-refractivity contribution is 0.127. The Morgan fingerprint density at radius 1 is 1.44 bits per heavy atom. The van der Waals surface area contributed by atoms with Crippen molar-refractivity contribution >= 4 is 27.5 Å². The van der Waals surface area contributed by atoms with E-state index in [2.05, 4.69) is 0 Å². The molecule has 0 aliphatic carbocycles. The minimum Gasteiger partial charge on any atom is -0.398 e. The highest BCUT2D eigenvalue weighted by Crippen LogP contribution is 2.34. The first-order valence-electron chi connectivity index (χ1n) is 5.58. The molecule has 100 valence electrons. The molecule has 7 heteroatoms. The van der Waals surface area contributed by atoms with Crippen LogP contribution in [0.15, 0.2) is 28.0 Å². The molecular weight excluding hydrogens is 272 g/mol. The van der Waals surface area contributed by atoms with E-state index in [1.54, 1.807) is 23.9 Å². The summed E-state index contributed by atoms with van der Waals surface area (Å²) in [6.07, 6.45) is 1.19. The van der Waals surface area contributed by atoms with E-state index in [9.17, 15) is 8.42 Å². The molecular formula is C11H16N2O3S2. The molecule has 0 bridgehead atoms. The third-order valence-corrected chi connectivity index (χ3v) is 5.31. The lowest BCUT2D eigenvalue weighted by atomic mass is 10.3. The van der Waals surface area contributed by atoms with Crippen molar-refractivity contribution in [3.63, 3.8) is 0 Å². The van der Waals surface area contributed by atoms with Crippen molar-refractivity contribution in [1.29, 1.82) is 0 Å². The molecule has 2 atom stereocenters. The van der Waals surface area contributed by atoms with Crippen LogP contribution in [0.25, 0.3) is 0 Å². The molecule has 0 aromatic heterocycles. The van der Waals surface area contributed by atoms with Crippen LogP contribution in [0, 0.1) is 0 Å². The number of sulfonamides is 1. The normalized spacial score (nSPS) is 24.3. The molecule has 1 saturated heterocycles. The second kappa shape index (κ2) is 5.08. The summed E-state index contributed by atoms with van der Waals surface area (Å²) in [7, 11) is -3.75. The van der Waals surface area contributed by atoms with Gasteiger partial charge in [0.1, 0.15) is 4.90 Å². The number of nitrogen functional groups attached to an aromatic ring is 1. The van der Waals surface area contributed by atoms with Gasteiger partial charge in [-0.2, -0.15) is 0 Å². The van der Waals surface area contributed by atoms with Gasteiger partial charge in [0, 0.05) is 16.8 Å². The van der Waals surface area contributed by atoms with Gasteiger partial charge in [0.05, 0.1) is 11.8 Å². The predicted molar refractivity (Wildman–Crippen MR) is 71.9 cm³/mol. The second-order valence-corrected chi connectivity index (χ2v) is 7.11. The first-order chi connectivity index (χ1) is 8.38. The van der Waals surface area contributed by atoms with Gasteiger partial charge in [-0.05, 0) is 31.5 Å². The monoisotopic (exact) mass is 288 g/mol. The molecule has 0 spiro atoms. The Balaban J connectivity index is 2.19. The van der Waals surface area contributed by atoms with Crippen LogP contribution in [-0.4, -0.2) is 26.4 Å². The van der Waals surface area contributed by atoms with E-state index in [1.807, 2.05) is 6.92 Å². The average molecular weight is 288 g/mol. The van der Waals surface area contributed by atoms with Crippen molar-refractivity contribution in [2.45, 2.75) is 34.5 Å². The van der Waals surface area contributed by atoms with E-state index >= 15 is 0 Å². The van der Waals surface area contributed by atoms with E-state index in [4.69, 9.17) is 15.6 Å². The molecule has 1 heterocycles. The van der Waals surface area contributed by atoms with Crippen LogP contribution >= 0.6 is 11.8 Å². The zero-order valence-electron chi connectivity index (χ0n) is 10.00. The van der Waals surface area contributed by atoms with Crippen molar-refractivity contribution in [3.05, 3.63) is 18.2 Å². The summed E-state index contributed by atoms with van der Waals surface area (Å²) >= 11 is 1.65. The number of thioether (sulfide) groups is 1. The van der Waals surface area contributed by atoms with E-state index < -0.39 is 10.0 Å². The summed E-state index contributed by atoms with van der Waals surface area (Å²) in [5.41, 5.74) is 5.90. The molecule has 5 nitrogen and oxygen atoms in total. The number of benzene rings is 1. The van der Waals surface area contributed by atoms with Crippen LogP contribution in [0.5, 0.6) is 0 Å². The first-order valence-corrected chi connectivity index (χ1v) is 8.01. The highest BCUT2D eigenvalue weighted by atomic mass is 32.2. The van der Waals surface area contributed by atoms with Gasteiger partial charge in [-0.3, -0.25) is 0 Å². The number of primary sulfonamides is 1. The zero-order valence-corrected chi connectivity index (χ0v) is 11.6. The molecule has 18 heavy (non-hydrogen) atoms. The largest absolute Gasteiger partial charge is 0.398 e. The predicted octanol–water partition coefficient (Wildman–Crippen LogP) is 1.19. The van der Waals surface area contributed by atoms with Crippen LogP contribution in [0.2, 0.25) is 0 Å². The average Bonchev–Trinajstić information content (AvgIpc) is 2.62.